The summed E-state index contributed by atoms with van der Waals surface area (Å²) in [5.74, 6) is 6.73. The molecule has 0 bridgehead atoms. The van der Waals surface area contributed by atoms with Crippen molar-refractivity contribution in [2.45, 2.75) is 82.1 Å². The van der Waals surface area contributed by atoms with Crippen molar-refractivity contribution < 1.29 is 42.9 Å². The van der Waals surface area contributed by atoms with Gasteiger partial charge in [0, 0.05) is 97.6 Å². The normalized spacial score (nSPS) is 14.4. The van der Waals surface area contributed by atoms with E-state index >= 15 is 0 Å². The molecule has 2 aliphatic heterocycles. The molecule has 1 atom stereocenters. The molecular formula is C81H88N32O9. The first kappa shape index (κ1) is 80.4. The lowest BCUT2D eigenvalue weighted by molar-refractivity contribution is 0.0791. The zero-order chi connectivity index (χ0) is 85.0. The van der Waals surface area contributed by atoms with Crippen LogP contribution in [0, 0.1) is 0 Å². The monoisotopic (exact) mass is 1650 g/mol. The first-order chi connectivity index (χ1) is 59.3. The van der Waals surface area contributed by atoms with Crippen LogP contribution < -0.4 is 66.8 Å². The van der Waals surface area contributed by atoms with Gasteiger partial charge in [0.25, 0.3) is 29.5 Å². The molecule has 0 radical (unpaired) electrons. The molecule has 5 amide bonds. The zero-order valence-electron chi connectivity index (χ0n) is 68.5. The van der Waals surface area contributed by atoms with Crippen LogP contribution in [0.5, 0.6) is 23.0 Å². The lowest BCUT2D eigenvalue weighted by atomic mass is 10.1. The molecule has 1 unspecified atom stereocenters. The third kappa shape index (κ3) is 16.8. The summed E-state index contributed by atoms with van der Waals surface area (Å²) in [5, 5.41) is 64.7. The highest BCUT2D eigenvalue weighted by Crippen LogP contribution is 2.47. The Morgan fingerprint density at radius 1 is 0.459 bits per heavy atom. The lowest BCUT2D eigenvalue weighted by Crippen LogP contribution is -2.31. The fourth-order valence-electron chi connectivity index (χ4n) is 14.0. The fraction of sp³-hybridized carbons (Fsp3) is 0.321. The van der Waals surface area contributed by atoms with E-state index in [4.69, 9.17) is 18.9 Å². The van der Waals surface area contributed by atoms with E-state index in [1.54, 1.807) is 102 Å². The van der Waals surface area contributed by atoms with Gasteiger partial charge in [-0.05, 0) is 119 Å². The number of H-pyrrole nitrogens is 3. The molecule has 0 spiro atoms. The van der Waals surface area contributed by atoms with Crippen LogP contribution in [0.25, 0.3) is 67.7 Å². The molecule has 12 N–H and O–H groups in total. The minimum atomic E-state index is -0.392. The number of aromatic nitrogens is 22. The van der Waals surface area contributed by atoms with Gasteiger partial charge >= 0.3 is 0 Å². The van der Waals surface area contributed by atoms with Gasteiger partial charge < -0.3 is 86.7 Å². The van der Waals surface area contributed by atoms with Gasteiger partial charge in [-0.3, -0.25) is 38.0 Å². The SMILES string of the molecule is CNC(=O)c1cnc2nc(C3CC3)[nH]c2c1Nc1cccc(-c2ncn(C)n2)c1OC.CNC(=O)c1nnc2c(c1Nc1cccc(-c3ncn(C)n3)c1OC)OCC(C)N2.CNC(=O)c1nnc2nc(C3CC3)[nH]c2c1Nc1ccc(C(=O)N2CCCC2)cc1.CNC(=O)c1nnc2nc(C3CC3)[nH]c2c1Nc1cccc(-c2ncn(C)n2)c1OC. The highest BCUT2D eigenvalue weighted by molar-refractivity contribution is 6.08. The van der Waals surface area contributed by atoms with E-state index in [1.807, 2.05) is 85.6 Å². The van der Waals surface area contributed by atoms with Gasteiger partial charge in [-0.25, -0.2) is 34.9 Å². The number of fused-ring (bicyclic) bond motifs is 4. The summed E-state index contributed by atoms with van der Waals surface area (Å²) < 4.78 is 27.8. The van der Waals surface area contributed by atoms with Crippen LogP contribution in [0.2, 0.25) is 0 Å². The van der Waals surface area contributed by atoms with Crippen LogP contribution in [0.1, 0.15) is 146 Å². The summed E-state index contributed by atoms with van der Waals surface area (Å²) in [6.45, 7) is 4.03. The molecular weight excluding hydrogens is 1570 g/mol. The van der Waals surface area contributed by atoms with Crippen molar-refractivity contribution in [3.05, 3.63) is 150 Å². The number of methoxy groups -OCH3 is 3. The maximum atomic E-state index is 12.6. The minimum absolute atomic E-state index is 0.0562. The first-order valence-corrected chi connectivity index (χ1v) is 39.5. The van der Waals surface area contributed by atoms with E-state index in [0.717, 1.165) is 98.7 Å². The maximum absolute atomic E-state index is 12.6. The van der Waals surface area contributed by atoms with Gasteiger partial charge in [0.05, 0.1) is 72.4 Å². The molecule has 10 aromatic heterocycles. The van der Waals surface area contributed by atoms with Crippen molar-refractivity contribution in [2.24, 2.45) is 21.1 Å². The molecule has 3 aliphatic carbocycles. The number of anilines is 9. The Morgan fingerprint density at radius 3 is 1.28 bits per heavy atom. The second kappa shape index (κ2) is 34.7. The van der Waals surface area contributed by atoms with Crippen LogP contribution in [0.4, 0.5) is 51.3 Å². The molecule has 14 aromatic rings. The molecule has 12 heterocycles. The first-order valence-electron chi connectivity index (χ1n) is 39.5. The number of benzene rings is 4. The number of imidazole rings is 3. The number of pyridine rings is 1. The fourth-order valence-corrected chi connectivity index (χ4v) is 14.0. The van der Waals surface area contributed by atoms with Crippen molar-refractivity contribution >= 4 is 114 Å². The number of nitrogens with one attached hydrogen (secondary N) is 12. The van der Waals surface area contributed by atoms with E-state index in [-0.39, 0.29) is 46.8 Å². The Bertz CT molecular complexity index is 6090. The number of nitrogens with zero attached hydrogens (tertiary/aromatic N) is 20. The lowest BCUT2D eigenvalue weighted by Gasteiger charge is -2.26. The average Bonchev–Trinajstić information content (AvgIpc) is 1.54. The Balaban J connectivity index is 0.000000121. The van der Waals surface area contributed by atoms with Crippen molar-refractivity contribution in [2.75, 3.05) is 95.8 Å². The van der Waals surface area contributed by atoms with Crippen LogP contribution in [0.15, 0.2) is 104 Å². The van der Waals surface area contributed by atoms with Crippen LogP contribution >= 0.6 is 0 Å². The molecule has 3 saturated carbocycles. The number of hydrogen-bond acceptors (Lipinski definition) is 30. The van der Waals surface area contributed by atoms with Gasteiger partial charge in [0.2, 0.25) is 11.3 Å². The van der Waals surface area contributed by atoms with Gasteiger partial charge in [-0.2, -0.15) is 15.3 Å². The summed E-state index contributed by atoms with van der Waals surface area (Å²) in [5.41, 5.74) is 11.8. The van der Waals surface area contributed by atoms with Gasteiger partial charge in [-0.1, -0.05) is 18.2 Å². The van der Waals surface area contributed by atoms with Gasteiger partial charge in [0.1, 0.15) is 76.7 Å². The van der Waals surface area contributed by atoms with E-state index < -0.39 is 5.91 Å². The number of carbonyl (C=O) groups is 5. The van der Waals surface area contributed by atoms with E-state index in [9.17, 15) is 24.0 Å². The molecule has 19 rings (SSSR count). The molecule has 122 heavy (non-hydrogen) atoms. The second-order valence-electron chi connectivity index (χ2n) is 29.4. The summed E-state index contributed by atoms with van der Waals surface area (Å²) >= 11 is 0. The predicted octanol–water partition coefficient (Wildman–Crippen LogP) is 9.03. The number of aryl methyl sites for hydroxylation is 3. The molecule has 626 valence electrons. The van der Waals surface area contributed by atoms with Crippen LogP contribution in [-0.2, 0) is 21.1 Å². The largest absolute Gasteiger partial charge is 0.494 e. The van der Waals surface area contributed by atoms with E-state index in [0.29, 0.717) is 161 Å². The molecule has 1 saturated heterocycles. The average molecular weight is 1650 g/mol. The number of likely N-dealkylation sites (tertiary alicyclic amines) is 1. The second-order valence-corrected chi connectivity index (χ2v) is 29.4. The predicted molar refractivity (Wildman–Crippen MR) is 451 cm³/mol. The van der Waals surface area contributed by atoms with Gasteiger partial charge in [-0.15, -0.1) is 30.6 Å². The van der Waals surface area contributed by atoms with Gasteiger partial charge in [0.15, 0.2) is 69.0 Å². The molecule has 4 fully saturated rings. The van der Waals surface area contributed by atoms with Crippen molar-refractivity contribution in [3.63, 3.8) is 0 Å². The van der Waals surface area contributed by atoms with Crippen LogP contribution in [-0.4, -0.2) is 219 Å². The molecule has 5 aliphatic rings. The number of rotatable bonds is 22. The number of amides is 5. The highest BCUT2D eigenvalue weighted by Gasteiger charge is 2.34. The van der Waals surface area contributed by atoms with E-state index in [1.165, 1.54) is 13.2 Å². The number of para-hydroxylation sites is 3. The summed E-state index contributed by atoms with van der Waals surface area (Å²) in [7, 11) is 16.4. The quantitative estimate of drug-likeness (QED) is 0.0301. The topological polar surface area (TPSA) is 502 Å². The minimum Gasteiger partial charge on any atom is -0.494 e. The maximum Gasteiger partial charge on any atom is 0.273 e. The van der Waals surface area contributed by atoms with E-state index in [2.05, 4.69) is 144 Å². The Labute approximate surface area is 696 Å². The smallest absolute Gasteiger partial charge is 0.273 e. The highest BCUT2D eigenvalue weighted by atomic mass is 16.5. The number of ether oxygens (including phenoxy) is 4. The molecule has 41 nitrogen and oxygen atoms in total. The van der Waals surface area contributed by atoms with Crippen molar-refractivity contribution in [3.8, 4) is 57.2 Å². The Morgan fingerprint density at radius 2 is 0.861 bits per heavy atom. The summed E-state index contributed by atoms with van der Waals surface area (Å²) in [6.07, 6.45) is 15.1. The summed E-state index contributed by atoms with van der Waals surface area (Å²) in [6, 6.07) is 24.1. The van der Waals surface area contributed by atoms with Crippen molar-refractivity contribution in [1.29, 1.82) is 0 Å². The van der Waals surface area contributed by atoms with Crippen molar-refractivity contribution in [1.82, 2.24) is 136 Å². The molecule has 41 heteroatoms. The summed E-state index contributed by atoms with van der Waals surface area (Å²) in [4.78, 5) is 105. The Hall–Kier alpha value is -15.4. The third-order valence-corrected chi connectivity index (χ3v) is 20.6. The number of carbonyl (C=O) groups excluding carboxylic acids is 5. The number of hydrogen-bond donors (Lipinski definition) is 12. The zero-order valence-corrected chi connectivity index (χ0v) is 68.5. The number of aromatic amines is 3. The molecule has 4 aromatic carbocycles. The Kier molecular flexibility index (Phi) is 22.9. The third-order valence-electron chi connectivity index (χ3n) is 20.6. The van der Waals surface area contributed by atoms with Crippen LogP contribution in [0.3, 0.4) is 0 Å². The standard InChI is InChI=1S/C21H22N8O2.C21H23N7O2.C20H21N9O2.C19H22N8O3/c1-22-21(30)13-9-23-20-16(26-18(27-20)11-7-8-11)15(13)25-14-6-4-5-12(17(14)31-3)19-24-10-29(2)28-19;1-22-20(29)17-15(16-19(27-26-17)25-18(24-16)12-4-5-12)23-14-8-6-13(7-9-14)21(30)28-10-2-3-11-28;1-21-20(30)15-13(14-19(27-26-15)25-17(24-14)10-7-8-10)23-12-6-4-5-11(16(12)31-3)18-22-9-29(2)28-18;1-10-8-30-16-13(14(19(28)20-2)24-25-18(16)22-10)23-12-7-5-6-11(15(12)29-4)17-21-9-27(3)26-17/h4-6,9-11H,7-8H2,1-3H3,(H,22,30)(H2,23,25,26,27);6-9,12H,2-5,10-11H2,1H3,(H,22,29)(H2,23,24,25,27);4-6,9-10H,7-8H2,1-3H3,(H,21,30)(H2,23,24,25,27);5-7,9-10H,8H2,1-4H3,(H,20,28)(H2,22,23,25).